The highest BCUT2D eigenvalue weighted by Gasteiger charge is 2.86. The lowest BCUT2D eigenvalue weighted by Crippen LogP contribution is -2.49. The number of hydrogen-bond donors (Lipinski definition) is 3. The summed E-state index contributed by atoms with van der Waals surface area (Å²) in [5.41, 5.74) is 11.8. The first kappa shape index (κ1) is 23.3. The summed E-state index contributed by atoms with van der Waals surface area (Å²) in [5.74, 6) is 1.46. The second-order valence-corrected chi connectivity index (χ2v) is 12.3. The fourth-order valence-corrected chi connectivity index (χ4v) is 7.57. The first-order valence-electron chi connectivity index (χ1n) is 13.3. The third-order valence-electron chi connectivity index (χ3n) is 9.73. The number of anilines is 1. The van der Waals surface area contributed by atoms with Gasteiger partial charge >= 0.3 is 0 Å². The van der Waals surface area contributed by atoms with Gasteiger partial charge in [0.25, 0.3) is 0 Å². The van der Waals surface area contributed by atoms with E-state index in [1.165, 1.54) is 31.2 Å². The van der Waals surface area contributed by atoms with Gasteiger partial charge in [-0.2, -0.15) is 0 Å². The normalized spacial score (nSPS) is 39.3. The number of rotatable bonds is 7. The van der Waals surface area contributed by atoms with Crippen molar-refractivity contribution in [3.05, 3.63) is 59.2 Å². The van der Waals surface area contributed by atoms with E-state index in [4.69, 9.17) is 15.2 Å². The zero-order valence-electron chi connectivity index (χ0n) is 21.1. The van der Waals surface area contributed by atoms with E-state index in [1.807, 2.05) is 12.1 Å². The van der Waals surface area contributed by atoms with Crippen LogP contribution in [0.25, 0.3) is 0 Å². The molecular formula is C30H39NO4. The summed E-state index contributed by atoms with van der Waals surface area (Å²) in [4.78, 5) is 0. The van der Waals surface area contributed by atoms with Gasteiger partial charge in [-0.25, -0.2) is 0 Å². The van der Waals surface area contributed by atoms with Crippen LogP contribution in [0.4, 0.5) is 5.69 Å². The number of nitrogens with two attached hydrogens (primary N) is 1. The van der Waals surface area contributed by atoms with Crippen LogP contribution in [0.5, 0.6) is 5.75 Å². The van der Waals surface area contributed by atoms with Crippen molar-refractivity contribution in [2.45, 2.75) is 77.3 Å². The monoisotopic (exact) mass is 477 g/mol. The maximum Gasteiger partial charge on any atom is 0.119 e. The Morgan fingerprint density at radius 3 is 2.40 bits per heavy atom. The van der Waals surface area contributed by atoms with Crippen molar-refractivity contribution < 1.29 is 19.7 Å². The molecule has 4 fully saturated rings. The summed E-state index contributed by atoms with van der Waals surface area (Å²) in [6.45, 7) is 6.21. The highest BCUT2D eigenvalue weighted by molar-refractivity contribution is 5.51. The average Bonchev–Trinajstić information content (AvgIpc) is 3.56. The number of hydrogen-bond acceptors (Lipinski definition) is 5. The Morgan fingerprint density at radius 2 is 1.77 bits per heavy atom. The molecule has 0 spiro atoms. The molecule has 3 aliphatic carbocycles. The van der Waals surface area contributed by atoms with Crippen LogP contribution in [0.15, 0.2) is 42.5 Å². The van der Waals surface area contributed by atoms with Crippen molar-refractivity contribution in [3.8, 4) is 5.75 Å². The van der Waals surface area contributed by atoms with E-state index < -0.39 is 12.2 Å². The van der Waals surface area contributed by atoms with E-state index in [9.17, 15) is 10.2 Å². The van der Waals surface area contributed by atoms with Crippen LogP contribution < -0.4 is 10.5 Å². The lowest BCUT2D eigenvalue weighted by atomic mass is 9.72. The van der Waals surface area contributed by atoms with Crippen LogP contribution in [0.1, 0.15) is 69.2 Å². The molecule has 5 heteroatoms. The predicted octanol–water partition coefficient (Wildman–Crippen LogP) is 4.88. The fraction of sp³-hybridized carbons (Fsp3) is 0.600. The second kappa shape index (κ2) is 8.22. The first-order chi connectivity index (χ1) is 16.7. The maximum absolute atomic E-state index is 10.6. The number of benzene rings is 2. The molecule has 4 aliphatic rings. The average molecular weight is 478 g/mol. The molecule has 0 bridgehead atoms. The standard InChI is InChI=1S/C30H39NO4/c1-17(2)26-18(3)27(33)25(14-32)35-28(26)20-6-9-24(31)21(11-20)10-19-4-7-22(8-5-19)34-23-12-29-15-30(29,13-23)16-29/h4-9,11,17-18,23,25-28,32-33H,10,12-16,31H2,1-3H3/t18-,23?,25-,26-,27+,28+,29?,30?/m1/s1. The summed E-state index contributed by atoms with van der Waals surface area (Å²) < 4.78 is 12.6. The van der Waals surface area contributed by atoms with Gasteiger partial charge in [0.1, 0.15) is 11.9 Å². The summed E-state index contributed by atoms with van der Waals surface area (Å²) in [7, 11) is 0. The molecule has 1 heterocycles. The van der Waals surface area contributed by atoms with Crippen LogP contribution in [0.2, 0.25) is 0 Å². The van der Waals surface area contributed by atoms with Gasteiger partial charge in [0.15, 0.2) is 0 Å². The van der Waals surface area contributed by atoms with Gasteiger partial charge in [0.05, 0.1) is 24.9 Å². The molecule has 0 unspecified atom stereocenters. The van der Waals surface area contributed by atoms with E-state index in [1.54, 1.807) is 0 Å². The minimum atomic E-state index is -0.669. The Morgan fingerprint density at radius 1 is 1.09 bits per heavy atom. The smallest absolute Gasteiger partial charge is 0.119 e. The van der Waals surface area contributed by atoms with Crippen LogP contribution in [0.3, 0.4) is 0 Å². The van der Waals surface area contributed by atoms with Crippen molar-refractivity contribution >= 4 is 5.69 Å². The number of ether oxygens (including phenoxy) is 2. The highest BCUT2D eigenvalue weighted by Crippen LogP contribution is 2.93. The van der Waals surface area contributed by atoms with Crippen molar-refractivity contribution in [2.24, 2.45) is 28.6 Å². The van der Waals surface area contributed by atoms with Crippen LogP contribution in [0, 0.1) is 28.6 Å². The van der Waals surface area contributed by atoms with E-state index >= 15 is 0 Å². The number of nitrogen functional groups attached to an aromatic ring is 1. The molecule has 1 saturated heterocycles. The lowest BCUT2D eigenvalue weighted by molar-refractivity contribution is -0.194. The zero-order chi connectivity index (χ0) is 24.5. The van der Waals surface area contributed by atoms with Crippen molar-refractivity contribution in [1.82, 2.24) is 0 Å². The number of aliphatic hydroxyl groups is 2. The van der Waals surface area contributed by atoms with Gasteiger partial charge in [-0.15, -0.1) is 0 Å². The van der Waals surface area contributed by atoms with E-state index in [-0.39, 0.29) is 24.5 Å². The van der Waals surface area contributed by atoms with Crippen molar-refractivity contribution in [3.63, 3.8) is 0 Å². The SMILES string of the molecule is CC(C)[C@@H]1[C@@H](C)[C@H](O)[C@@H](CO)O[C@H]1c1ccc(N)c(Cc2ccc(OC3CC45CC4(C3)C5)cc2)c1. The minimum Gasteiger partial charge on any atom is -0.490 e. The summed E-state index contributed by atoms with van der Waals surface area (Å²) in [6.07, 6.45) is 5.07. The third-order valence-corrected chi connectivity index (χ3v) is 9.73. The van der Waals surface area contributed by atoms with Gasteiger partial charge in [-0.1, -0.05) is 45.0 Å². The molecule has 2 aromatic carbocycles. The molecule has 3 saturated carbocycles. The van der Waals surface area contributed by atoms with Gasteiger partial charge in [0.2, 0.25) is 0 Å². The highest BCUT2D eigenvalue weighted by atomic mass is 16.5. The fourth-order valence-electron chi connectivity index (χ4n) is 7.57. The molecule has 2 aromatic rings. The van der Waals surface area contributed by atoms with Gasteiger partial charge < -0.3 is 25.4 Å². The summed E-state index contributed by atoms with van der Waals surface area (Å²) in [5, 5.41) is 20.4. The second-order valence-electron chi connectivity index (χ2n) is 12.3. The Labute approximate surface area is 208 Å². The first-order valence-corrected chi connectivity index (χ1v) is 13.3. The van der Waals surface area contributed by atoms with E-state index in [2.05, 4.69) is 51.1 Å². The third kappa shape index (κ3) is 3.87. The summed E-state index contributed by atoms with van der Waals surface area (Å²) >= 11 is 0. The molecule has 6 rings (SSSR count). The van der Waals surface area contributed by atoms with Gasteiger partial charge in [-0.3, -0.25) is 0 Å². The Kier molecular flexibility index (Phi) is 5.48. The van der Waals surface area contributed by atoms with Crippen molar-refractivity contribution in [1.29, 1.82) is 0 Å². The molecule has 35 heavy (non-hydrogen) atoms. The molecule has 5 nitrogen and oxygen atoms in total. The molecular weight excluding hydrogens is 438 g/mol. The Hall–Kier alpha value is -2.08. The van der Waals surface area contributed by atoms with Crippen LogP contribution >= 0.6 is 0 Å². The zero-order valence-corrected chi connectivity index (χ0v) is 21.1. The molecule has 0 radical (unpaired) electrons. The van der Waals surface area contributed by atoms with Crippen LogP contribution in [-0.2, 0) is 11.2 Å². The van der Waals surface area contributed by atoms with Gasteiger partial charge in [0, 0.05) is 5.69 Å². The molecule has 0 aromatic heterocycles. The number of aliphatic hydroxyl groups excluding tert-OH is 2. The Bertz CT molecular complexity index is 1070. The van der Waals surface area contributed by atoms with Gasteiger partial charge in [-0.05, 0) is 95.6 Å². The van der Waals surface area contributed by atoms with Crippen LogP contribution in [-0.4, -0.2) is 35.1 Å². The maximum atomic E-state index is 10.6. The topological polar surface area (TPSA) is 84.9 Å². The minimum absolute atomic E-state index is 0.0234. The molecule has 0 amide bonds. The lowest BCUT2D eigenvalue weighted by Gasteiger charge is -2.45. The van der Waals surface area contributed by atoms with Crippen molar-refractivity contribution in [2.75, 3.05) is 12.3 Å². The quantitative estimate of drug-likeness (QED) is 0.495. The molecule has 1 aliphatic heterocycles. The Balaban J connectivity index is 1.17. The summed E-state index contributed by atoms with van der Waals surface area (Å²) in [6, 6.07) is 14.6. The molecule has 5 atom stereocenters. The molecule has 4 N–H and O–H groups in total. The van der Waals surface area contributed by atoms with E-state index in [0.717, 1.165) is 29.0 Å². The van der Waals surface area contributed by atoms with E-state index in [0.29, 0.717) is 22.9 Å². The predicted molar refractivity (Wildman–Crippen MR) is 136 cm³/mol. The molecule has 188 valence electrons. The largest absolute Gasteiger partial charge is 0.490 e.